The van der Waals surface area contributed by atoms with E-state index >= 15 is 0 Å². The largest absolute Gasteiger partial charge is 0.289 e. The Hall–Kier alpha value is -4.79. The molecule has 0 aliphatic carbocycles. The van der Waals surface area contributed by atoms with Crippen molar-refractivity contribution in [2.24, 2.45) is 0 Å². The van der Waals surface area contributed by atoms with Crippen LogP contribution in [0.4, 0.5) is 0 Å². The summed E-state index contributed by atoms with van der Waals surface area (Å²) in [5.74, 6) is 0. The van der Waals surface area contributed by atoms with E-state index in [0.29, 0.717) is 0 Å². The van der Waals surface area contributed by atoms with E-state index < -0.39 is 0 Å². The molecule has 55 heavy (non-hydrogen) atoms. The fourth-order valence-electron chi connectivity index (χ4n) is 7.49. The van der Waals surface area contributed by atoms with Gasteiger partial charge in [-0.3, -0.25) is 4.79 Å². The van der Waals surface area contributed by atoms with E-state index in [1.807, 2.05) is 0 Å². The van der Waals surface area contributed by atoms with Crippen LogP contribution in [0.2, 0.25) is 0 Å². The first-order chi connectivity index (χ1) is 25.7. The van der Waals surface area contributed by atoms with Gasteiger partial charge >= 0.3 is 0 Å². The van der Waals surface area contributed by atoms with Crippen molar-refractivity contribution in [3.05, 3.63) is 154 Å². The maximum atomic E-state index is 14.7. The van der Waals surface area contributed by atoms with Crippen molar-refractivity contribution < 1.29 is 0 Å². The third kappa shape index (κ3) is 7.72. The summed E-state index contributed by atoms with van der Waals surface area (Å²) in [5.41, 5.74) is 14.5. The van der Waals surface area contributed by atoms with Crippen LogP contribution in [-0.4, -0.2) is 0 Å². The molecule has 6 aromatic carbocycles. The van der Waals surface area contributed by atoms with Crippen LogP contribution in [0.15, 0.2) is 126 Å². The second-order valence-corrected chi connectivity index (χ2v) is 20.6. The molecule has 1 heterocycles. The lowest BCUT2D eigenvalue weighted by Crippen LogP contribution is -2.11. The van der Waals surface area contributed by atoms with Crippen molar-refractivity contribution in [3.63, 3.8) is 0 Å². The van der Waals surface area contributed by atoms with Gasteiger partial charge in [-0.1, -0.05) is 180 Å². The summed E-state index contributed by atoms with van der Waals surface area (Å²) in [6.07, 6.45) is 0. The van der Waals surface area contributed by atoms with Gasteiger partial charge in [0.15, 0.2) is 5.43 Å². The van der Waals surface area contributed by atoms with Crippen molar-refractivity contribution >= 4 is 31.5 Å². The van der Waals surface area contributed by atoms with E-state index in [2.05, 4.69) is 204 Å². The molecule has 0 aliphatic rings. The van der Waals surface area contributed by atoms with E-state index in [1.54, 1.807) is 11.3 Å². The number of benzene rings is 6. The van der Waals surface area contributed by atoms with Crippen LogP contribution in [0.3, 0.4) is 0 Å². The monoisotopic (exact) mass is 740 g/mol. The Morgan fingerprint density at radius 3 is 0.964 bits per heavy atom. The van der Waals surface area contributed by atoms with Crippen molar-refractivity contribution in [1.29, 1.82) is 0 Å². The molecule has 0 aliphatic heterocycles. The van der Waals surface area contributed by atoms with E-state index in [0.717, 1.165) is 42.4 Å². The molecule has 1 aromatic heterocycles. The summed E-state index contributed by atoms with van der Waals surface area (Å²) >= 11 is 1.70. The molecule has 0 saturated heterocycles. The van der Waals surface area contributed by atoms with Crippen molar-refractivity contribution in [2.75, 3.05) is 0 Å². The molecule has 7 rings (SSSR count). The summed E-state index contributed by atoms with van der Waals surface area (Å²) in [7, 11) is 0. The summed E-state index contributed by atoms with van der Waals surface area (Å²) < 4.78 is 2.01. The maximum absolute atomic E-state index is 14.7. The topological polar surface area (TPSA) is 17.1 Å². The molecule has 7 aromatic rings. The summed E-state index contributed by atoms with van der Waals surface area (Å²) in [4.78, 5) is 14.7. The van der Waals surface area contributed by atoms with Crippen LogP contribution in [0.1, 0.15) is 105 Å². The molecule has 0 N–H and O–H groups in total. The van der Waals surface area contributed by atoms with Gasteiger partial charge in [-0.15, -0.1) is 11.3 Å². The quantitative estimate of drug-likeness (QED) is 0.164. The predicted octanol–water partition coefficient (Wildman–Crippen LogP) is 15.3. The number of hydrogen-bond acceptors (Lipinski definition) is 2. The van der Waals surface area contributed by atoms with Gasteiger partial charge in [-0.25, -0.2) is 0 Å². The summed E-state index contributed by atoms with van der Waals surface area (Å²) in [5, 5.41) is 1.53. The Morgan fingerprint density at radius 2 is 0.636 bits per heavy atom. The van der Waals surface area contributed by atoms with Crippen molar-refractivity contribution in [3.8, 4) is 44.5 Å². The summed E-state index contributed by atoms with van der Waals surface area (Å²) in [6, 6.07) is 44.7. The number of fused-ring (bicyclic) bond motifs is 2. The normalized spacial score (nSPS) is 12.8. The molecular weight excluding hydrogens is 685 g/mol. The molecular formula is C53H56OS. The van der Waals surface area contributed by atoms with Crippen LogP contribution in [0.5, 0.6) is 0 Å². The Morgan fingerprint density at radius 1 is 0.327 bits per heavy atom. The van der Waals surface area contributed by atoms with E-state index in [4.69, 9.17) is 0 Å². The molecule has 0 fully saturated rings. The molecule has 2 heteroatoms. The maximum Gasteiger partial charge on any atom is 0.195 e. The van der Waals surface area contributed by atoms with Crippen LogP contribution in [0.25, 0.3) is 64.7 Å². The SMILES string of the molecule is CC(C)(C)c1ccc(-c2ccc(C(C)(C)C)cc2-c2ccc3sc4ccc(-c5cc(C(C)(C)C)ccc5-c5ccc(C(C)(C)C)cc5)cc4c(=O)c3c2)cc1. The average Bonchev–Trinajstić information content (AvgIpc) is 3.13. The zero-order valence-electron chi connectivity index (χ0n) is 34.9. The Bertz CT molecular complexity index is 2430. The first-order valence-electron chi connectivity index (χ1n) is 19.7. The average molecular weight is 741 g/mol. The minimum Gasteiger partial charge on any atom is -0.289 e. The lowest BCUT2D eigenvalue weighted by Gasteiger charge is -2.23. The van der Waals surface area contributed by atoms with Crippen LogP contribution in [0, 0.1) is 0 Å². The van der Waals surface area contributed by atoms with Gasteiger partial charge in [0, 0.05) is 20.2 Å². The second-order valence-electron chi connectivity index (χ2n) is 19.5. The first-order valence-corrected chi connectivity index (χ1v) is 20.5. The Kier molecular flexibility index (Phi) is 9.62. The van der Waals surface area contributed by atoms with Crippen LogP contribution in [-0.2, 0) is 21.7 Å². The van der Waals surface area contributed by atoms with E-state index in [-0.39, 0.29) is 27.1 Å². The van der Waals surface area contributed by atoms with Crippen molar-refractivity contribution in [2.45, 2.75) is 105 Å². The third-order valence-corrected chi connectivity index (χ3v) is 12.3. The standard InChI is InChI=1S/C53H56OS/c1-50(2,3)37-19-13-33(14-20-37)41-25-23-39(52(7,8)9)31-43(41)35-17-27-47-45(29-35)49(54)46-30-36(18-28-48(46)55-47)44-32-40(53(10,11)12)24-26-42(44)34-15-21-38(22-16-34)51(4,5)6/h13-32H,1-12H3. The first kappa shape index (κ1) is 38.5. The predicted molar refractivity (Wildman–Crippen MR) is 242 cm³/mol. The fourth-order valence-corrected chi connectivity index (χ4v) is 8.53. The number of hydrogen-bond donors (Lipinski definition) is 0. The molecule has 0 unspecified atom stereocenters. The zero-order valence-corrected chi connectivity index (χ0v) is 35.7. The molecule has 0 radical (unpaired) electrons. The lowest BCUT2D eigenvalue weighted by atomic mass is 9.82. The highest BCUT2D eigenvalue weighted by atomic mass is 32.1. The second kappa shape index (κ2) is 13.7. The zero-order chi connectivity index (χ0) is 39.7. The summed E-state index contributed by atoms with van der Waals surface area (Å²) in [6.45, 7) is 27.1. The molecule has 0 amide bonds. The van der Waals surface area contributed by atoms with Gasteiger partial charge in [0.05, 0.1) is 0 Å². The molecule has 0 spiro atoms. The minimum absolute atomic E-state index is 0.0175. The van der Waals surface area contributed by atoms with Crippen LogP contribution < -0.4 is 5.43 Å². The molecule has 280 valence electrons. The molecule has 1 nitrogen and oxygen atoms in total. The highest BCUT2D eigenvalue weighted by Gasteiger charge is 2.21. The molecule has 0 bridgehead atoms. The van der Waals surface area contributed by atoms with Gasteiger partial charge in [0.1, 0.15) is 0 Å². The third-order valence-electron chi connectivity index (χ3n) is 11.2. The van der Waals surface area contributed by atoms with Gasteiger partial charge in [-0.2, -0.15) is 0 Å². The van der Waals surface area contributed by atoms with Gasteiger partial charge in [-0.05, 0) is 113 Å². The molecule has 0 atom stereocenters. The highest BCUT2D eigenvalue weighted by Crippen LogP contribution is 2.41. The molecule has 0 saturated carbocycles. The highest BCUT2D eigenvalue weighted by molar-refractivity contribution is 7.24. The Balaban J connectivity index is 1.39. The smallest absolute Gasteiger partial charge is 0.195 e. The minimum atomic E-state index is -0.0175. The lowest BCUT2D eigenvalue weighted by molar-refractivity contribution is 0.590. The van der Waals surface area contributed by atoms with Crippen LogP contribution >= 0.6 is 11.3 Å². The fraction of sp³-hybridized carbons (Fsp3) is 0.302. The van der Waals surface area contributed by atoms with Gasteiger partial charge in [0.25, 0.3) is 0 Å². The Labute approximate surface area is 333 Å². The van der Waals surface area contributed by atoms with Gasteiger partial charge < -0.3 is 0 Å². The van der Waals surface area contributed by atoms with Crippen molar-refractivity contribution in [1.82, 2.24) is 0 Å². The number of rotatable bonds is 4. The van der Waals surface area contributed by atoms with Gasteiger partial charge in [0.2, 0.25) is 0 Å². The van der Waals surface area contributed by atoms with E-state index in [9.17, 15) is 4.79 Å². The van der Waals surface area contributed by atoms with E-state index in [1.165, 1.54) is 44.5 Å².